The summed E-state index contributed by atoms with van der Waals surface area (Å²) in [6, 6.07) is 8.23. The average molecular weight is 492 g/mol. The molecule has 0 radical (unpaired) electrons. The molecule has 1 aromatic rings. The van der Waals surface area contributed by atoms with E-state index in [4.69, 9.17) is 11.6 Å². The molecular formula is C18H27ClIN5O. The molecule has 8 heteroatoms. The topological polar surface area (TPSA) is 60.0 Å². The minimum absolute atomic E-state index is 0. The van der Waals surface area contributed by atoms with Gasteiger partial charge in [0, 0.05) is 50.0 Å². The summed E-state index contributed by atoms with van der Waals surface area (Å²) in [5.41, 5.74) is 1.14. The Morgan fingerprint density at radius 3 is 2.77 bits per heavy atom. The van der Waals surface area contributed by atoms with E-state index in [1.807, 2.05) is 23.1 Å². The minimum Gasteiger partial charge on any atom is -0.369 e. The molecule has 0 bridgehead atoms. The normalized spacial score (nSPS) is 20.1. The number of carbonyl (C=O) groups excluding carboxylic acids is 1. The fourth-order valence-corrected chi connectivity index (χ4v) is 3.60. The largest absolute Gasteiger partial charge is 0.369 e. The maximum absolute atomic E-state index is 12.1. The first kappa shape index (κ1) is 21.1. The van der Waals surface area contributed by atoms with Crippen LogP contribution in [0.2, 0.25) is 5.02 Å². The molecule has 1 unspecified atom stereocenters. The van der Waals surface area contributed by atoms with Gasteiger partial charge in [0.25, 0.3) is 0 Å². The third-order valence-corrected chi connectivity index (χ3v) is 5.03. The molecule has 2 saturated heterocycles. The molecule has 144 valence electrons. The second-order valence-corrected chi connectivity index (χ2v) is 7.01. The maximum Gasteiger partial charge on any atom is 0.241 e. The van der Waals surface area contributed by atoms with E-state index < -0.39 is 0 Å². The Kier molecular flexibility index (Phi) is 8.27. The lowest BCUT2D eigenvalue weighted by Crippen LogP contribution is -2.48. The van der Waals surface area contributed by atoms with Crippen LogP contribution in [0.4, 0.5) is 5.69 Å². The highest BCUT2D eigenvalue weighted by atomic mass is 127. The zero-order chi connectivity index (χ0) is 17.6. The predicted octanol–water partition coefficient (Wildman–Crippen LogP) is 2.32. The summed E-state index contributed by atoms with van der Waals surface area (Å²) in [4.78, 5) is 20.6. The number of likely N-dealkylation sites (tertiary alicyclic amines) is 1. The van der Waals surface area contributed by atoms with E-state index in [1.54, 1.807) is 7.05 Å². The molecule has 1 aromatic carbocycles. The molecule has 2 N–H and O–H groups in total. The fraction of sp³-hybridized carbons (Fsp3) is 0.556. The van der Waals surface area contributed by atoms with Gasteiger partial charge in [-0.1, -0.05) is 17.7 Å². The van der Waals surface area contributed by atoms with Crippen molar-refractivity contribution in [2.75, 3.05) is 44.7 Å². The van der Waals surface area contributed by atoms with Crippen LogP contribution >= 0.6 is 35.6 Å². The van der Waals surface area contributed by atoms with E-state index in [9.17, 15) is 4.79 Å². The van der Waals surface area contributed by atoms with Gasteiger partial charge in [0.2, 0.25) is 5.91 Å². The first-order valence-electron chi connectivity index (χ1n) is 8.91. The number of benzene rings is 1. The first-order valence-corrected chi connectivity index (χ1v) is 9.29. The van der Waals surface area contributed by atoms with Gasteiger partial charge in [-0.15, -0.1) is 24.0 Å². The van der Waals surface area contributed by atoms with Crippen molar-refractivity contribution in [1.29, 1.82) is 0 Å². The third kappa shape index (κ3) is 5.64. The Bertz CT molecular complexity index is 636. The highest BCUT2D eigenvalue weighted by Gasteiger charge is 2.24. The first-order chi connectivity index (χ1) is 12.2. The highest BCUT2D eigenvalue weighted by molar-refractivity contribution is 14.0. The Morgan fingerprint density at radius 2 is 2.08 bits per heavy atom. The number of carbonyl (C=O) groups is 1. The lowest BCUT2D eigenvalue weighted by Gasteiger charge is -2.21. The molecule has 0 spiro atoms. The van der Waals surface area contributed by atoms with Crippen LogP contribution < -0.4 is 15.5 Å². The second-order valence-electron chi connectivity index (χ2n) is 6.57. The maximum atomic E-state index is 12.1. The van der Waals surface area contributed by atoms with E-state index in [-0.39, 0.29) is 29.9 Å². The van der Waals surface area contributed by atoms with E-state index in [0.717, 1.165) is 56.2 Å². The SMILES string of the molecule is CN=C(NCC(=O)N1CCCC1)NC1CCN(c2cccc(Cl)c2)C1.I. The quantitative estimate of drug-likeness (QED) is 0.386. The van der Waals surface area contributed by atoms with Gasteiger partial charge in [0.1, 0.15) is 0 Å². The lowest BCUT2D eigenvalue weighted by atomic mass is 10.3. The zero-order valence-electron chi connectivity index (χ0n) is 15.1. The molecule has 1 amide bonds. The Hall–Kier alpha value is -1.22. The van der Waals surface area contributed by atoms with E-state index in [0.29, 0.717) is 18.5 Å². The number of halogens is 2. The second kappa shape index (κ2) is 10.2. The van der Waals surface area contributed by atoms with Crippen molar-refractivity contribution in [3.8, 4) is 0 Å². The molecule has 2 aliphatic rings. The molecule has 0 aromatic heterocycles. The number of guanidine groups is 1. The van der Waals surface area contributed by atoms with Crippen molar-refractivity contribution in [3.05, 3.63) is 29.3 Å². The van der Waals surface area contributed by atoms with Crippen molar-refractivity contribution < 1.29 is 4.79 Å². The third-order valence-electron chi connectivity index (χ3n) is 4.79. The number of nitrogens with one attached hydrogen (secondary N) is 2. The van der Waals surface area contributed by atoms with Crippen LogP contribution in [0.3, 0.4) is 0 Å². The van der Waals surface area contributed by atoms with Gasteiger partial charge in [0.05, 0.1) is 6.54 Å². The van der Waals surface area contributed by atoms with Crippen LogP contribution in [0, 0.1) is 0 Å². The van der Waals surface area contributed by atoms with Gasteiger partial charge in [-0.2, -0.15) is 0 Å². The van der Waals surface area contributed by atoms with Crippen molar-refractivity contribution in [1.82, 2.24) is 15.5 Å². The Labute approximate surface area is 177 Å². The summed E-state index contributed by atoms with van der Waals surface area (Å²) in [5.74, 6) is 0.831. The van der Waals surface area contributed by atoms with Crippen LogP contribution in [0.5, 0.6) is 0 Å². The number of nitrogens with zero attached hydrogens (tertiary/aromatic N) is 3. The summed E-state index contributed by atoms with van der Waals surface area (Å²) in [5, 5.41) is 7.32. The van der Waals surface area contributed by atoms with Gasteiger partial charge < -0.3 is 20.4 Å². The highest BCUT2D eigenvalue weighted by Crippen LogP contribution is 2.23. The molecule has 26 heavy (non-hydrogen) atoms. The summed E-state index contributed by atoms with van der Waals surface area (Å²) in [6.45, 7) is 3.92. The summed E-state index contributed by atoms with van der Waals surface area (Å²) < 4.78 is 0. The molecule has 2 aliphatic heterocycles. The van der Waals surface area contributed by atoms with Gasteiger partial charge >= 0.3 is 0 Å². The molecule has 0 saturated carbocycles. The van der Waals surface area contributed by atoms with Crippen LogP contribution in [-0.2, 0) is 4.79 Å². The Morgan fingerprint density at radius 1 is 1.31 bits per heavy atom. The molecule has 3 rings (SSSR count). The van der Waals surface area contributed by atoms with Gasteiger partial charge in [-0.3, -0.25) is 9.79 Å². The van der Waals surface area contributed by atoms with E-state index in [1.165, 1.54) is 0 Å². The molecular weight excluding hydrogens is 465 g/mol. The summed E-state index contributed by atoms with van der Waals surface area (Å²) in [6.07, 6.45) is 3.24. The van der Waals surface area contributed by atoms with Crippen LogP contribution in [-0.4, -0.2) is 62.6 Å². The van der Waals surface area contributed by atoms with E-state index >= 15 is 0 Å². The van der Waals surface area contributed by atoms with Gasteiger partial charge in [0.15, 0.2) is 5.96 Å². The van der Waals surface area contributed by atoms with Crippen LogP contribution in [0.25, 0.3) is 0 Å². The Balaban J connectivity index is 0.00000243. The van der Waals surface area contributed by atoms with Gasteiger partial charge in [-0.05, 0) is 37.5 Å². The minimum atomic E-state index is 0. The predicted molar refractivity (Wildman–Crippen MR) is 118 cm³/mol. The monoisotopic (exact) mass is 491 g/mol. The van der Waals surface area contributed by atoms with Crippen molar-refractivity contribution in [3.63, 3.8) is 0 Å². The molecule has 2 fully saturated rings. The van der Waals surface area contributed by atoms with Crippen LogP contribution in [0.15, 0.2) is 29.3 Å². The number of rotatable bonds is 4. The standard InChI is InChI=1S/C18H26ClN5O.HI/c1-20-18(21-12-17(25)23-8-2-3-9-23)22-15-7-10-24(13-15)16-6-4-5-14(19)11-16;/h4-6,11,15H,2-3,7-10,12-13H2,1H3,(H2,20,21,22);1H. The molecule has 2 heterocycles. The number of hydrogen-bond donors (Lipinski definition) is 2. The summed E-state index contributed by atoms with van der Waals surface area (Å²) in [7, 11) is 1.74. The molecule has 6 nitrogen and oxygen atoms in total. The van der Waals surface area contributed by atoms with Crippen LogP contribution in [0.1, 0.15) is 19.3 Å². The van der Waals surface area contributed by atoms with Gasteiger partial charge in [-0.25, -0.2) is 0 Å². The van der Waals surface area contributed by atoms with Crippen molar-refractivity contribution >= 4 is 53.1 Å². The smallest absolute Gasteiger partial charge is 0.241 e. The van der Waals surface area contributed by atoms with E-state index in [2.05, 4.69) is 26.6 Å². The average Bonchev–Trinajstić information content (AvgIpc) is 3.30. The van der Waals surface area contributed by atoms with Crippen molar-refractivity contribution in [2.45, 2.75) is 25.3 Å². The van der Waals surface area contributed by atoms with Crippen molar-refractivity contribution in [2.24, 2.45) is 4.99 Å². The summed E-state index contributed by atoms with van der Waals surface area (Å²) >= 11 is 6.08. The number of hydrogen-bond acceptors (Lipinski definition) is 3. The number of anilines is 1. The molecule has 1 atom stereocenters. The zero-order valence-corrected chi connectivity index (χ0v) is 18.2. The number of amides is 1. The number of aliphatic imine (C=N–C) groups is 1. The fourth-order valence-electron chi connectivity index (χ4n) is 3.41. The lowest BCUT2D eigenvalue weighted by molar-refractivity contribution is -0.128. The molecule has 0 aliphatic carbocycles.